The molecule has 0 aliphatic heterocycles. The van der Waals surface area contributed by atoms with Crippen LogP contribution in [0.5, 0.6) is 0 Å². The summed E-state index contributed by atoms with van der Waals surface area (Å²) in [6, 6.07) is 0.657. The van der Waals surface area contributed by atoms with Gasteiger partial charge < -0.3 is 5.32 Å². The van der Waals surface area contributed by atoms with Gasteiger partial charge in [-0.25, -0.2) is 0 Å². The number of hydrogen-bond acceptors (Lipinski definition) is 2. The molecule has 0 aromatic carbocycles. The Morgan fingerprint density at radius 2 is 2.00 bits per heavy atom. The Morgan fingerprint density at radius 3 is 2.53 bits per heavy atom. The summed E-state index contributed by atoms with van der Waals surface area (Å²) in [6.07, 6.45) is 7.40. The number of rotatable bonds is 2. The first kappa shape index (κ1) is 10.5. The van der Waals surface area contributed by atoms with Gasteiger partial charge in [0.05, 0.1) is 11.4 Å². The lowest BCUT2D eigenvalue weighted by molar-refractivity contribution is 0.361. The maximum Gasteiger partial charge on any atom is 0.0825 e. The number of nitrogens with zero attached hydrogens (tertiary/aromatic N) is 2. The van der Waals surface area contributed by atoms with E-state index >= 15 is 0 Å². The SMILES string of the molecule is Cc1nn(C)cc1NC1CCC(C)CC1. The molecule has 3 heteroatoms. The molecule has 1 heterocycles. The summed E-state index contributed by atoms with van der Waals surface area (Å²) in [5, 5.41) is 7.95. The fourth-order valence-corrected chi connectivity index (χ4v) is 2.37. The first-order chi connectivity index (χ1) is 7.15. The second kappa shape index (κ2) is 4.25. The van der Waals surface area contributed by atoms with Crippen molar-refractivity contribution in [2.45, 2.75) is 45.6 Å². The first-order valence-corrected chi connectivity index (χ1v) is 5.92. The number of aryl methyl sites for hydroxylation is 2. The van der Waals surface area contributed by atoms with Crippen LogP contribution in [0.15, 0.2) is 6.20 Å². The molecule has 1 saturated carbocycles. The van der Waals surface area contributed by atoms with Crippen LogP contribution in [0, 0.1) is 12.8 Å². The maximum atomic E-state index is 4.35. The normalized spacial score (nSPS) is 26.6. The zero-order chi connectivity index (χ0) is 10.8. The predicted octanol–water partition coefficient (Wildman–Crippen LogP) is 2.72. The molecule has 1 fully saturated rings. The van der Waals surface area contributed by atoms with E-state index in [1.165, 1.54) is 31.4 Å². The highest BCUT2D eigenvalue weighted by molar-refractivity contribution is 5.46. The molecule has 1 aromatic rings. The van der Waals surface area contributed by atoms with Gasteiger partial charge in [0.1, 0.15) is 0 Å². The molecule has 0 saturated heterocycles. The van der Waals surface area contributed by atoms with Crippen molar-refractivity contribution in [1.82, 2.24) is 9.78 Å². The van der Waals surface area contributed by atoms with Crippen molar-refractivity contribution in [2.24, 2.45) is 13.0 Å². The molecule has 0 amide bonds. The van der Waals surface area contributed by atoms with E-state index in [1.807, 2.05) is 11.7 Å². The summed E-state index contributed by atoms with van der Waals surface area (Å²) in [5.41, 5.74) is 2.31. The van der Waals surface area contributed by atoms with E-state index in [2.05, 4.69) is 30.5 Å². The highest BCUT2D eigenvalue weighted by atomic mass is 15.3. The molecule has 3 nitrogen and oxygen atoms in total. The van der Waals surface area contributed by atoms with E-state index in [0.717, 1.165) is 11.6 Å². The number of aromatic nitrogens is 2. The summed E-state index contributed by atoms with van der Waals surface area (Å²) in [4.78, 5) is 0. The van der Waals surface area contributed by atoms with Gasteiger partial charge in [-0.15, -0.1) is 0 Å². The largest absolute Gasteiger partial charge is 0.380 e. The third kappa shape index (κ3) is 2.52. The highest BCUT2D eigenvalue weighted by Gasteiger charge is 2.18. The van der Waals surface area contributed by atoms with Crippen LogP contribution in [-0.2, 0) is 7.05 Å². The van der Waals surface area contributed by atoms with E-state index in [0.29, 0.717) is 6.04 Å². The van der Waals surface area contributed by atoms with Crippen molar-refractivity contribution < 1.29 is 0 Å². The van der Waals surface area contributed by atoms with Crippen molar-refractivity contribution >= 4 is 5.69 Å². The molecule has 1 N–H and O–H groups in total. The monoisotopic (exact) mass is 207 g/mol. The van der Waals surface area contributed by atoms with Crippen LogP contribution in [0.4, 0.5) is 5.69 Å². The summed E-state index contributed by atoms with van der Waals surface area (Å²) in [6.45, 7) is 4.42. The number of nitrogens with one attached hydrogen (secondary N) is 1. The van der Waals surface area contributed by atoms with Gasteiger partial charge in [-0.2, -0.15) is 5.10 Å². The lowest BCUT2D eigenvalue weighted by atomic mass is 9.87. The van der Waals surface area contributed by atoms with E-state index in [-0.39, 0.29) is 0 Å². The van der Waals surface area contributed by atoms with Gasteiger partial charge in [-0.05, 0) is 38.5 Å². The van der Waals surface area contributed by atoms with E-state index in [9.17, 15) is 0 Å². The van der Waals surface area contributed by atoms with Gasteiger partial charge in [0, 0.05) is 19.3 Å². The third-order valence-electron chi connectivity index (χ3n) is 3.39. The van der Waals surface area contributed by atoms with Crippen molar-refractivity contribution in [3.63, 3.8) is 0 Å². The summed E-state index contributed by atoms with van der Waals surface area (Å²) < 4.78 is 1.88. The smallest absolute Gasteiger partial charge is 0.0825 e. The van der Waals surface area contributed by atoms with Crippen molar-refractivity contribution in [2.75, 3.05) is 5.32 Å². The Morgan fingerprint density at radius 1 is 1.33 bits per heavy atom. The lowest BCUT2D eigenvalue weighted by Gasteiger charge is -2.27. The fraction of sp³-hybridized carbons (Fsp3) is 0.750. The average Bonchev–Trinajstić information content (AvgIpc) is 2.49. The van der Waals surface area contributed by atoms with Crippen LogP contribution in [-0.4, -0.2) is 15.8 Å². The standard InChI is InChI=1S/C12H21N3/c1-9-4-6-11(7-5-9)13-12-8-15(3)14-10(12)2/h8-9,11,13H,4-7H2,1-3H3. The van der Waals surface area contributed by atoms with Crippen LogP contribution >= 0.6 is 0 Å². The summed E-state index contributed by atoms with van der Waals surface area (Å²) >= 11 is 0. The minimum atomic E-state index is 0.657. The molecule has 0 unspecified atom stereocenters. The molecule has 2 rings (SSSR count). The van der Waals surface area contributed by atoms with Gasteiger partial charge in [0.15, 0.2) is 0 Å². The molecule has 0 bridgehead atoms. The number of anilines is 1. The zero-order valence-corrected chi connectivity index (χ0v) is 9.95. The van der Waals surface area contributed by atoms with Crippen molar-refractivity contribution in [1.29, 1.82) is 0 Å². The van der Waals surface area contributed by atoms with Crippen molar-refractivity contribution in [3.05, 3.63) is 11.9 Å². The Bertz CT molecular complexity index is 322. The molecule has 0 radical (unpaired) electrons. The van der Waals surface area contributed by atoms with Crippen LogP contribution in [0.25, 0.3) is 0 Å². The summed E-state index contributed by atoms with van der Waals surface area (Å²) in [5.74, 6) is 0.915. The summed E-state index contributed by atoms with van der Waals surface area (Å²) in [7, 11) is 1.97. The number of hydrogen-bond donors (Lipinski definition) is 1. The molecule has 1 aromatic heterocycles. The molecule has 1 aliphatic rings. The van der Waals surface area contributed by atoms with E-state index in [1.54, 1.807) is 0 Å². The Kier molecular flexibility index (Phi) is 2.98. The van der Waals surface area contributed by atoms with Crippen LogP contribution in [0.1, 0.15) is 38.3 Å². The van der Waals surface area contributed by atoms with Gasteiger partial charge >= 0.3 is 0 Å². The molecular weight excluding hydrogens is 186 g/mol. The highest BCUT2D eigenvalue weighted by Crippen LogP contribution is 2.26. The molecule has 0 spiro atoms. The Hall–Kier alpha value is -0.990. The molecule has 1 aliphatic carbocycles. The first-order valence-electron chi connectivity index (χ1n) is 5.92. The van der Waals surface area contributed by atoms with Crippen LogP contribution in [0.3, 0.4) is 0 Å². The molecule has 15 heavy (non-hydrogen) atoms. The zero-order valence-electron chi connectivity index (χ0n) is 9.95. The maximum absolute atomic E-state index is 4.35. The predicted molar refractivity (Wildman–Crippen MR) is 63.0 cm³/mol. The molecular formula is C12H21N3. The van der Waals surface area contributed by atoms with Gasteiger partial charge in [-0.1, -0.05) is 6.92 Å². The third-order valence-corrected chi connectivity index (χ3v) is 3.39. The second-order valence-corrected chi connectivity index (χ2v) is 4.90. The minimum absolute atomic E-state index is 0.657. The Labute approximate surface area is 91.9 Å². The minimum Gasteiger partial charge on any atom is -0.380 e. The van der Waals surface area contributed by atoms with Gasteiger partial charge in [0.2, 0.25) is 0 Å². The quantitative estimate of drug-likeness (QED) is 0.808. The Balaban J connectivity index is 1.94. The lowest BCUT2D eigenvalue weighted by Crippen LogP contribution is -2.25. The topological polar surface area (TPSA) is 29.9 Å². The average molecular weight is 207 g/mol. The van der Waals surface area contributed by atoms with Crippen LogP contribution in [0.2, 0.25) is 0 Å². The molecule has 0 atom stereocenters. The van der Waals surface area contributed by atoms with Gasteiger partial charge in [0.25, 0.3) is 0 Å². The molecule has 84 valence electrons. The van der Waals surface area contributed by atoms with E-state index < -0.39 is 0 Å². The second-order valence-electron chi connectivity index (χ2n) is 4.90. The van der Waals surface area contributed by atoms with Crippen molar-refractivity contribution in [3.8, 4) is 0 Å². The fourth-order valence-electron chi connectivity index (χ4n) is 2.37. The van der Waals surface area contributed by atoms with E-state index in [4.69, 9.17) is 0 Å². The van der Waals surface area contributed by atoms with Crippen LogP contribution < -0.4 is 5.32 Å². The van der Waals surface area contributed by atoms with Gasteiger partial charge in [-0.3, -0.25) is 4.68 Å².